The van der Waals surface area contributed by atoms with Gasteiger partial charge in [-0.2, -0.15) is 0 Å². The number of ether oxygens (including phenoxy) is 6. The van der Waals surface area contributed by atoms with Gasteiger partial charge in [-0.25, -0.2) is 57.5 Å². The Hall–Kier alpha value is -11.0. The van der Waals surface area contributed by atoms with E-state index in [9.17, 15) is 88.2 Å². The third kappa shape index (κ3) is 13.4. The monoisotopic (exact) mass is 1070 g/mol. The lowest BCUT2D eigenvalue weighted by Crippen LogP contribution is -2.55. The lowest BCUT2D eigenvalue weighted by molar-refractivity contribution is -0.138. The molecular weight excluding hydrogens is 1030 g/mol. The third-order valence-corrected chi connectivity index (χ3v) is 11.1. The number of carbonyl (C=O) groups is 12. The van der Waals surface area contributed by atoms with Crippen LogP contribution in [-0.4, -0.2) is 140 Å². The molecule has 0 spiro atoms. The van der Waals surface area contributed by atoms with Crippen LogP contribution in [0.5, 0.6) is 0 Å². The number of carboxylic acids is 6. The largest absolute Gasteiger partial charge is 0.478 e. The van der Waals surface area contributed by atoms with Gasteiger partial charge in [-0.15, -0.1) is 0 Å². The summed E-state index contributed by atoms with van der Waals surface area (Å²) in [6.45, 7) is -2.94. The number of benzene rings is 6. The number of rotatable bonds is 23. The highest BCUT2D eigenvalue weighted by Crippen LogP contribution is 2.28. The summed E-state index contributed by atoms with van der Waals surface area (Å²) >= 11 is 0. The van der Waals surface area contributed by atoms with Crippen molar-refractivity contribution in [3.05, 3.63) is 212 Å². The fourth-order valence-corrected chi connectivity index (χ4v) is 7.43. The summed E-state index contributed by atoms with van der Waals surface area (Å²) < 4.78 is 34.2. The van der Waals surface area contributed by atoms with Gasteiger partial charge >= 0.3 is 71.6 Å². The van der Waals surface area contributed by atoms with E-state index in [4.69, 9.17) is 28.4 Å². The normalized spacial score (nSPS) is 12.2. The van der Waals surface area contributed by atoms with Crippen LogP contribution in [0, 0.1) is 0 Å². The second-order valence-electron chi connectivity index (χ2n) is 15.9. The Morgan fingerprint density at radius 3 is 0.615 bits per heavy atom. The van der Waals surface area contributed by atoms with E-state index in [0.29, 0.717) is 0 Å². The van der Waals surface area contributed by atoms with Crippen molar-refractivity contribution in [1.29, 1.82) is 0 Å². The van der Waals surface area contributed by atoms with Gasteiger partial charge in [0.15, 0.2) is 24.4 Å². The van der Waals surface area contributed by atoms with E-state index in [1.165, 1.54) is 60.7 Å². The number of esters is 6. The standard InChI is InChI=1S/C54H38O24/c55-43(56)27-13-1-7-19-33(27)49(67)73-25-39(75-51(69)35-21-9-3-15-29(35)45(59)60)41(77-53(71)37-23-11-5-17-31(37)47(63)64)42(78-54(72)38-24-12-6-18-32(38)48(65)66)40(76-52(70)36-22-10-4-16-30(36)46(61)62)26-74-50(68)34-20-8-2-14-28(34)44(57)58/h1-24,39-42H,25-26H2,(H,55,56)(H,57,58)(H,59,60)(H,61,62)(H,63,64)(H,65,66)/t39-,40+,41-,42-/m1/s1. The third-order valence-electron chi connectivity index (χ3n) is 11.1. The minimum atomic E-state index is -2.79. The first-order valence-electron chi connectivity index (χ1n) is 22.3. The van der Waals surface area contributed by atoms with Crippen molar-refractivity contribution in [1.82, 2.24) is 0 Å². The molecule has 0 bridgehead atoms. The summed E-state index contributed by atoms with van der Waals surface area (Å²) in [6.07, 6.45) is -10.8. The molecule has 0 aliphatic rings. The molecule has 6 rings (SSSR count). The van der Waals surface area contributed by atoms with Gasteiger partial charge in [0.1, 0.15) is 13.2 Å². The topological polar surface area (TPSA) is 382 Å². The molecule has 6 aromatic rings. The van der Waals surface area contributed by atoms with Crippen molar-refractivity contribution >= 4 is 71.6 Å². The number of aromatic carboxylic acids is 6. The average molecular weight is 1070 g/mol. The number of hydrogen-bond acceptors (Lipinski definition) is 18. The fraction of sp³-hybridized carbons (Fsp3) is 0.111. The van der Waals surface area contributed by atoms with Crippen molar-refractivity contribution in [2.24, 2.45) is 0 Å². The van der Waals surface area contributed by atoms with E-state index < -0.39 is 176 Å². The summed E-state index contributed by atoms with van der Waals surface area (Å²) in [5.41, 5.74) is -8.77. The van der Waals surface area contributed by atoms with Crippen molar-refractivity contribution in [2.75, 3.05) is 13.2 Å². The van der Waals surface area contributed by atoms with Crippen molar-refractivity contribution < 1.29 is 117 Å². The molecule has 6 N–H and O–H groups in total. The molecule has 4 atom stereocenters. The zero-order valence-corrected chi connectivity index (χ0v) is 39.6. The van der Waals surface area contributed by atoms with Crippen LogP contribution >= 0.6 is 0 Å². The molecule has 0 aliphatic carbocycles. The van der Waals surface area contributed by atoms with Gasteiger partial charge in [0.25, 0.3) is 0 Å². The molecule has 78 heavy (non-hydrogen) atoms. The summed E-state index contributed by atoms with van der Waals surface area (Å²) in [6, 6.07) is 25.7. The van der Waals surface area contributed by atoms with Gasteiger partial charge in [0.2, 0.25) is 0 Å². The molecule has 0 radical (unpaired) electrons. The molecule has 0 saturated heterocycles. The summed E-state index contributed by atoms with van der Waals surface area (Å²) in [7, 11) is 0. The van der Waals surface area contributed by atoms with Gasteiger partial charge < -0.3 is 59.1 Å². The zero-order chi connectivity index (χ0) is 56.8. The fourth-order valence-electron chi connectivity index (χ4n) is 7.43. The Balaban J connectivity index is 1.65. The van der Waals surface area contributed by atoms with Crippen LogP contribution in [0.3, 0.4) is 0 Å². The van der Waals surface area contributed by atoms with E-state index in [1.54, 1.807) is 0 Å². The van der Waals surface area contributed by atoms with Crippen LogP contribution < -0.4 is 0 Å². The van der Waals surface area contributed by atoms with Gasteiger partial charge in [0, 0.05) is 0 Å². The molecule has 0 amide bonds. The molecule has 0 aromatic heterocycles. The Morgan fingerprint density at radius 1 is 0.256 bits per heavy atom. The molecule has 0 aliphatic heterocycles. The van der Waals surface area contributed by atoms with Crippen molar-refractivity contribution in [2.45, 2.75) is 24.4 Å². The second kappa shape index (κ2) is 25.3. The van der Waals surface area contributed by atoms with Gasteiger partial charge in [-0.1, -0.05) is 72.8 Å². The smallest absolute Gasteiger partial charge is 0.339 e. The molecule has 0 fully saturated rings. The predicted molar refractivity (Wildman–Crippen MR) is 258 cm³/mol. The van der Waals surface area contributed by atoms with Crippen molar-refractivity contribution in [3.8, 4) is 0 Å². The van der Waals surface area contributed by atoms with E-state index in [-0.39, 0.29) is 0 Å². The van der Waals surface area contributed by atoms with Gasteiger partial charge in [-0.3, -0.25) is 0 Å². The molecular formula is C54H38O24. The van der Waals surface area contributed by atoms with E-state index >= 15 is 0 Å². The summed E-state index contributed by atoms with van der Waals surface area (Å²) in [4.78, 5) is 160. The van der Waals surface area contributed by atoms with E-state index in [2.05, 4.69) is 0 Å². The molecule has 0 unspecified atom stereocenters. The quantitative estimate of drug-likeness (QED) is 0.0326. The summed E-state index contributed by atoms with van der Waals surface area (Å²) in [5.74, 6) is -20.0. The first kappa shape index (κ1) is 56.3. The summed E-state index contributed by atoms with van der Waals surface area (Å²) in [5, 5.41) is 60.1. The maximum absolute atomic E-state index is 14.6. The minimum Gasteiger partial charge on any atom is -0.478 e. The minimum absolute atomic E-state index is 0.650. The first-order chi connectivity index (χ1) is 37.2. The van der Waals surface area contributed by atoms with Crippen LogP contribution in [0.15, 0.2) is 146 Å². The number of hydrogen-bond donors (Lipinski definition) is 6. The Morgan fingerprint density at radius 2 is 0.423 bits per heavy atom. The highest BCUT2D eigenvalue weighted by molar-refractivity contribution is 6.06. The molecule has 24 nitrogen and oxygen atoms in total. The van der Waals surface area contributed by atoms with Crippen LogP contribution in [-0.2, 0) is 28.4 Å². The van der Waals surface area contributed by atoms with Crippen molar-refractivity contribution in [3.63, 3.8) is 0 Å². The van der Waals surface area contributed by atoms with Gasteiger partial charge in [-0.05, 0) is 72.8 Å². The van der Waals surface area contributed by atoms with Crippen LogP contribution in [0.25, 0.3) is 0 Å². The molecule has 0 heterocycles. The molecule has 0 saturated carbocycles. The SMILES string of the molecule is O=C(O)c1ccccc1C(=O)OC[C@H](OC(=O)c1ccccc1C(=O)O)[C@@H](OC(=O)c1ccccc1C(=O)O)[C@H](OC(=O)c1ccccc1C(=O)O)[C@@H](COC(=O)c1ccccc1C(=O)O)OC(=O)c1ccccc1C(=O)O. The predicted octanol–water partition coefficient (Wildman–Crippen LogP) is 5.79. The van der Waals surface area contributed by atoms with Crippen LogP contribution in [0.1, 0.15) is 124 Å². The number of carbonyl (C=O) groups excluding carboxylic acids is 6. The first-order valence-corrected chi connectivity index (χ1v) is 22.3. The Kier molecular flexibility index (Phi) is 18.2. The Labute approximate surface area is 437 Å². The second-order valence-corrected chi connectivity index (χ2v) is 15.9. The maximum atomic E-state index is 14.6. The Bertz CT molecular complexity index is 3170. The molecule has 398 valence electrons. The van der Waals surface area contributed by atoms with Crippen LogP contribution in [0.4, 0.5) is 0 Å². The molecule has 24 heteroatoms. The van der Waals surface area contributed by atoms with E-state index in [0.717, 1.165) is 84.9 Å². The van der Waals surface area contributed by atoms with E-state index in [1.807, 2.05) is 0 Å². The van der Waals surface area contributed by atoms with Crippen LogP contribution in [0.2, 0.25) is 0 Å². The number of carboxylic acid groups (broad SMARTS) is 6. The lowest BCUT2D eigenvalue weighted by atomic mass is 10.00. The van der Waals surface area contributed by atoms with Gasteiger partial charge in [0.05, 0.1) is 66.8 Å². The maximum Gasteiger partial charge on any atom is 0.339 e. The molecule has 6 aromatic carbocycles. The highest BCUT2D eigenvalue weighted by atomic mass is 16.6. The lowest BCUT2D eigenvalue weighted by Gasteiger charge is -2.36. The zero-order valence-electron chi connectivity index (χ0n) is 39.6. The average Bonchev–Trinajstić information content (AvgIpc) is 3.46. The highest BCUT2D eigenvalue weighted by Gasteiger charge is 2.47.